The number of piperidine rings is 1. The molecule has 7 heteroatoms. The summed E-state index contributed by atoms with van der Waals surface area (Å²) in [5.41, 5.74) is 0. The van der Waals surface area contributed by atoms with Crippen LogP contribution in [0.1, 0.15) is 12.8 Å². The highest BCUT2D eigenvalue weighted by molar-refractivity contribution is 5.43. The zero-order chi connectivity index (χ0) is 15.4. The van der Waals surface area contributed by atoms with Crippen LogP contribution in [0.3, 0.4) is 0 Å². The first-order valence-corrected chi connectivity index (χ1v) is 7.91. The summed E-state index contributed by atoms with van der Waals surface area (Å²) in [5, 5.41) is 3.26. The number of nitrogens with one attached hydrogen (secondary N) is 1. The minimum absolute atomic E-state index is 0.337. The lowest BCUT2D eigenvalue weighted by molar-refractivity contribution is -0.169. The van der Waals surface area contributed by atoms with Gasteiger partial charge in [-0.2, -0.15) is 4.98 Å². The Morgan fingerprint density at radius 3 is 2.68 bits per heavy atom. The number of hydrogen-bond donors (Lipinski definition) is 1. The maximum Gasteiger partial charge on any atom is 0.224 e. The van der Waals surface area contributed by atoms with Gasteiger partial charge in [0.25, 0.3) is 0 Å². The van der Waals surface area contributed by atoms with E-state index < -0.39 is 0 Å². The Balaban J connectivity index is 1.56. The first-order valence-electron chi connectivity index (χ1n) is 7.91. The predicted molar refractivity (Wildman–Crippen MR) is 85.2 cm³/mol. The van der Waals surface area contributed by atoms with E-state index in [0.717, 1.165) is 44.8 Å². The second-order valence-electron chi connectivity index (χ2n) is 6.06. The molecule has 2 saturated heterocycles. The van der Waals surface area contributed by atoms with E-state index in [0.29, 0.717) is 19.2 Å². The Bertz CT molecular complexity index is 481. The van der Waals surface area contributed by atoms with Crippen LogP contribution in [0.2, 0.25) is 0 Å². The van der Waals surface area contributed by atoms with Crippen LogP contribution in [0.15, 0.2) is 12.3 Å². The number of ether oxygens (including phenoxy) is 2. The number of anilines is 2. The Labute approximate surface area is 131 Å². The van der Waals surface area contributed by atoms with Crippen molar-refractivity contribution in [2.45, 2.75) is 18.6 Å². The highest BCUT2D eigenvalue weighted by Crippen LogP contribution is 2.32. The van der Waals surface area contributed by atoms with Gasteiger partial charge in [-0.3, -0.25) is 0 Å². The van der Waals surface area contributed by atoms with Crippen LogP contribution in [0.4, 0.5) is 11.8 Å². The molecule has 0 aliphatic carbocycles. The summed E-state index contributed by atoms with van der Waals surface area (Å²) >= 11 is 0. The molecule has 122 valence electrons. The van der Waals surface area contributed by atoms with Gasteiger partial charge in [0.2, 0.25) is 5.95 Å². The summed E-state index contributed by atoms with van der Waals surface area (Å²) in [6, 6.07) is 1.96. The zero-order valence-electron chi connectivity index (χ0n) is 13.4. The van der Waals surface area contributed by atoms with Crippen molar-refractivity contribution in [3.63, 3.8) is 0 Å². The van der Waals surface area contributed by atoms with E-state index in [1.54, 1.807) is 0 Å². The van der Waals surface area contributed by atoms with Gasteiger partial charge in [0.15, 0.2) is 5.79 Å². The SMILES string of the molecule is CN(C)CCNc1nccc(N2CCC3(CC2)OCCO3)n1. The van der Waals surface area contributed by atoms with Gasteiger partial charge < -0.3 is 24.6 Å². The van der Waals surface area contributed by atoms with Gasteiger partial charge >= 0.3 is 0 Å². The van der Waals surface area contributed by atoms with Crippen LogP contribution in [0.5, 0.6) is 0 Å². The third kappa shape index (κ3) is 3.66. The Morgan fingerprint density at radius 2 is 2.00 bits per heavy atom. The van der Waals surface area contributed by atoms with Gasteiger partial charge in [-0.05, 0) is 20.2 Å². The molecule has 0 amide bonds. The number of likely N-dealkylation sites (N-methyl/N-ethyl adjacent to an activating group) is 1. The van der Waals surface area contributed by atoms with Crippen LogP contribution >= 0.6 is 0 Å². The smallest absolute Gasteiger partial charge is 0.224 e. The fraction of sp³-hybridized carbons (Fsp3) is 0.733. The van der Waals surface area contributed by atoms with Crippen molar-refractivity contribution in [1.29, 1.82) is 0 Å². The van der Waals surface area contributed by atoms with E-state index in [2.05, 4.69) is 39.2 Å². The first kappa shape index (κ1) is 15.5. The maximum absolute atomic E-state index is 5.77. The van der Waals surface area contributed by atoms with E-state index in [-0.39, 0.29) is 5.79 Å². The Kier molecular flexibility index (Phi) is 4.75. The van der Waals surface area contributed by atoms with Crippen molar-refractivity contribution in [2.24, 2.45) is 0 Å². The average molecular weight is 307 g/mol. The molecule has 0 aromatic carbocycles. The van der Waals surface area contributed by atoms with Gasteiger partial charge in [0.1, 0.15) is 5.82 Å². The quantitative estimate of drug-likeness (QED) is 0.863. The predicted octanol–water partition coefficient (Wildman–Crippen LogP) is 0.793. The Hall–Kier alpha value is -1.44. The molecule has 1 N–H and O–H groups in total. The number of hydrogen-bond acceptors (Lipinski definition) is 7. The van der Waals surface area contributed by atoms with Crippen molar-refractivity contribution in [3.05, 3.63) is 12.3 Å². The minimum atomic E-state index is -0.337. The van der Waals surface area contributed by atoms with Gasteiger partial charge in [-0.15, -0.1) is 0 Å². The van der Waals surface area contributed by atoms with E-state index in [1.807, 2.05) is 12.3 Å². The molecule has 3 rings (SSSR count). The van der Waals surface area contributed by atoms with E-state index in [4.69, 9.17) is 9.47 Å². The molecule has 7 nitrogen and oxygen atoms in total. The molecule has 0 bridgehead atoms. The lowest BCUT2D eigenvalue weighted by Gasteiger charge is -2.38. The minimum Gasteiger partial charge on any atom is -0.356 e. The average Bonchev–Trinajstić information content (AvgIpc) is 2.96. The molecule has 3 heterocycles. The summed E-state index contributed by atoms with van der Waals surface area (Å²) in [4.78, 5) is 13.3. The second kappa shape index (κ2) is 6.76. The first-order chi connectivity index (χ1) is 10.7. The number of aromatic nitrogens is 2. The third-order valence-corrected chi connectivity index (χ3v) is 4.15. The number of rotatable bonds is 5. The van der Waals surface area contributed by atoms with Gasteiger partial charge in [0, 0.05) is 45.2 Å². The third-order valence-electron chi connectivity index (χ3n) is 4.15. The molecule has 0 unspecified atom stereocenters. The molecule has 2 aliphatic rings. The monoisotopic (exact) mass is 307 g/mol. The standard InChI is InChI=1S/C15H25N5O2/c1-19(2)10-7-17-14-16-6-3-13(18-14)20-8-4-15(5-9-20)21-11-12-22-15/h3,6H,4-5,7-12H2,1-2H3,(H,16,17,18). The van der Waals surface area contributed by atoms with E-state index in [1.165, 1.54) is 0 Å². The molecule has 2 fully saturated rings. The molecular formula is C15H25N5O2. The van der Waals surface area contributed by atoms with Crippen molar-refractivity contribution in [2.75, 3.05) is 63.7 Å². The fourth-order valence-corrected chi connectivity index (χ4v) is 2.86. The molecule has 1 aromatic rings. The molecular weight excluding hydrogens is 282 g/mol. The maximum atomic E-state index is 5.77. The largest absolute Gasteiger partial charge is 0.356 e. The molecule has 0 atom stereocenters. The van der Waals surface area contributed by atoms with Gasteiger partial charge in [-0.25, -0.2) is 4.98 Å². The highest BCUT2D eigenvalue weighted by Gasteiger charge is 2.40. The van der Waals surface area contributed by atoms with Crippen LogP contribution in [-0.2, 0) is 9.47 Å². The topological polar surface area (TPSA) is 62.8 Å². The van der Waals surface area contributed by atoms with Gasteiger partial charge in [-0.1, -0.05) is 0 Å². The summed E-state index contributed by atoms with van der Waals surface area (Å²) in [7, 11) is 4.10. The number of nitrogens with zero attached hydrogens (tertiary/aromatic N) is 4. The fourth-order valence-electron chi connectivity index (χ4n) is 2.86. The van der Waals surface area contributed by atoms with Crippen LogP contribution in [-0.4, -0.2) is 74.1 Å². The van der Waals surface area contributed by atoms with Crippen molar-refractivity contribution in [3.8, 4) is 0 Å². The molecule has 2 aliphatic heterocycles. The van der Waals surface area contributed by atoms with Crippen molar-refractivity contribution in [1.82, 2.24) is 14.9 Å². The molecule has 1 aromatic heterocycles. The van der Waals surface area contributed by atoms with Crippen LogP contribution in [0, 0.1) is 0 Å². The lowest BCUT2D eigenvalue weighted by atomic mass is 10.0. The summed E-state index contributed by atoms with van der Waals surface area (Å²) in [5.74, 6) is 1.32. The zero-order valence-corrected chi connectivity index (χ0v) is 13.4. The summed E-state index contributed by atoms with van der Waals surface area (Å²) < 4.78 is 11.5. The molecule has 0 saturated carbocycles. The summed E-state index contributed by atoms with van der Waals surface area (Å²) in [6.07, 6.45) is 3.59. The molecule has 22 heavy (non-hydrogen) atoms. The van der Waals surface area contributed by atoms with Crippen LogP contribution < -0.4 is 10.2 Å². The van der Waals surface area contributed by atoms with E-state index in [9.17, 15) is 0 Å². The van der Waals surface area contributed by atoms with Crippen molar-refractivity contribution >= 4 is 11.8 Å². The normalized spacial score (nSPS) is 20.8. The second-order valence-corrected chi connectivity index (χ2v) is 6.06. The van der Waals surface area contributed by atoms with Gasteiger partial charge in [0.05, 0.1) is 13.2 Å². The van der Waals surface area contributed by atoms with E-state index >= 15 is 0 Å². The Morgan fingerprint density at radius 1 is 1.27 bits per heavy atom. The highest BCUT2D eigenvalue weighted by atomic mass is 16.7. The molecule has 1 spiro atoms. The van der Waals surface area contributed by atoms with Crippen molar-refractivity contribution < 1.29 is 9.47 Å². The van der Waals surface area contributed by atoms with Crippen LogP contribution in [0.25, 0.3) is 0 Å². The summed E-state index contributed by atoms with van der Waals surface area (Å²) in [6.45, 7) is 5.01. The molecule has 0 radical (unpaired) electrons. The lowest BCUT2D eigenvalue weighted by Crippen LogP contribution is -2.45.